The molecule has 8 heteroatoms. The molecule has 1 heterocycles. The number of aryl methyl sites for hydroxylation is 2. The molecule has 1 rings (SSSR count). The summed E-state index contributed by atoms with van der Waals surface area (Å²) in [5, 5.41) is 12.0. The molecular weight excluding hydrogens is 322 g/mol. The summed E-state index contributed by atoms with van der Waals surface area (Å²) in [6.45, 7) is 4.35. The second-order valence-electron chi connectivity index (χ2n) is 4.66. The summed E-state index contributed by atoms with van der Waals surface area (Å²) in [7, 11) is 0. The smallest absolute Gasteiger partial charge is 0.313 e. The van der Waals surface area contributed by atoms with Crippen molar-refractivity contribution in [3.05, 3.63) is 17.0 Å². The third-order valence-electron chi connectivity index (χ3n) is 2.98. The van der Waals surface area contributed by atoms with E-state index in [9.17, 15) is 9.59 Å². The second kappa shape index (κ2) is 9.68. The minimum absolute atomic E-state index is 0.0383. The summed E-state index contributed by atoms with van der Waals surface area (Å²) in [6.07, 6.45) is 2.93. The van der Waals surface area contributed by atoms with Crippen molar-refractivity contribution in [3.8, 4) is 0 Å². The van der Waals surface area contributed by atoms with Gasteiger partial charge in [-0.1, -0.05) is 11.8 Å². The van der Waals surface area contributed by atoms with Crippen LogP contribution in [0.3, 0.4) is 0 Å². The number of thioether (sulfide) groups is 2. The quantitative estimate of drug-likeness (QED) is 0.400. The van der Waals surface area contributed by atoms with Gasteiger partial charge < -0.3 is 10.4 Å². The van der Waals surface area contributed by atoms with Crippen molar-refractivity contribution < 1.29 is 14.7 Å². The minimum Gasteiger partial charge on any atom is -0.481 e. The Morgan fingerprint density at radius 1 is 1.23 bits per heavy atom. The van der Waals surface area contributed by atoms with E-state index < -0.39 is 5.97 Å². The number of carbonyl (C=O) groups excluding carboxylic acids is 1. The lowest BCUT2D eigenvalue weighted by Crippen LogP contribution is -2.26. The molecule has 0 saturated carbocycles. The first kappa shape index (κ1) is 18.8. The first-order valence-electron chi connectivity index (χ1n) is 6.88. The van der Waals surface area contributed by atoms with E-state index >= 15 is 0 Å². The molecule has 0 unspecified atom stereocenters. The second-order valence-corrected chi connectivity index (χ2v) is 6.53. The van der Waals surface area contributed by atoms with E-state index in [-0.39, 0.29) is 11.7 Å². The van der Waals surface area contributed by atoms with Gasteiger partial charge >= 0.3 is 5.97 Å². The number of aromatic nitrogens is 2. The molecule has 0 aliphatic carbocycles. The van der Waals surface area contributed by atoms with Crippen LogP contribution in [-0.4, -0.2) is 51.3 Å². The summed E-state index contributed by atoms with van der Waals surface area (Å²) in [4.78, 5) is 30.9. The van der Waals surface area contributed by atoms with Crippen LogP contribution in [0, 0.1) is 13.8 Å². The lowest BCUT2D eigenvalue weighted by Gasteiger charge is -2.10. The first-order valence-corrected chi connectivity index (χ1v) is 9.26. The van der Waals surface area contributed by atoms with Crippen molar-refractivity contribution >= 4 is 35.4 Å². The van der Waals surface area contributed by atoms with Crippen LogP contribution in [0.1, 0.15) is 23.4 Å². The lowest BCUT2D eigenvalue weighted by atomic mass is 10.1. The fourth-order valence-corrected chi connectivity index (χ4v) is 2.93. The van der Waals surface area contributed by atoms with Gasteiger partial charge in [-0.15, -0.1) is 11.8 Å². The molecule has 0 saturated heterocycles. The van der Waals surface area contributed by atoms with Crippen LogP contribution in [0.2, 0.25) is 0 Å². The van der Waals surface area contributed by atoms with Gasteiger partial charge in [0.05, 0.1) is 5.75 Å². The van der Waals surface area contributed by atoms with Gasteiger partial charge in [0.15, 0.2) is 5.16 Å². The Morgan fingerprint density at radius 3 is 2.41 bits per heavy atom. The molecule has 22 heavy (non-hydrogen) atoms. The average molecular weight is 343 g/mol. The van der Waals surface area contributed by atoms with Gasteiger partial charge in [-0.25, -0.2) is 9.97 Å². The standard InChI is InChI=1S/C14H21N3O3S2/c1-9-11(10(2)17-14(16-9)21-3)4-5-12(18)15-6-7-22-8-13(19)20/h4-8H2,1-3H3,(H,15,18)(H,19,20). The van der Waals surface area contributed by atoms with Crippen molar-refractivity contribution in [2.24, 2.45) is 0 Å². The number of hydrogen-bond acceptors (Lipinski definition) is 6. The van der Waals surface area contributed by atoms with E-state index in [4.69, 9.17) is 5.11 Å². The van der Waals surface area contributed by atoms with E-state index in [0.29, 0.717) is 25.1 Å². The Balaban J connectivity index is 2.37. The number of amides is 1. The van der Waals surface area contributed by atoms with Gasteiger partial charge in [0.2, 0.25) is 5.91 Å². The summed E-state index contributed by atoms with van der Waals surface area (Å²) in [6, 6.07) is 0. The van der Waals surface area contributed by atoms with Crippen LogP contribution >= 0.6 is 23.5 Å². The Kier molecular flexibility index (Phi) is 8.26. The summed E-state index contributed by atoms with van der Waals surface area (Å²) >= 11 is 2.79. The van der Waals surface area contributed by atoms with Crippen LogP contribution in [0.5, 0.6) is 0 Å². The van der Waals surface area contributed by atoms with Crippen molar-refractivity contribution in [2.75, 3.05) is 24.3 Å². The molecule has 0 aromatic carbocycles. The number of nitrogens with one attached hydrogen (secondary N) is 1. The third kappa shape index (κ3) is 6.65. The molecule has 1 aromatic heterocycles. The average Bonchev–Trinajstić information content (AvgIpc) is 2.45. The number of carboxylic acids is 1. The van der Waals surface area contributed by atoms with Gasteiger partial charge in [-0.2, -0.15) is 0 Å². The Labute approximate surface area is 138 Å². The first-order chi connectivity index (χ1) is 10.4. The van der Waals surface area contributed by atoms with Gasteiger partial charge in [-0.05, 0) is 32.1 Å². The topological polar surface area (TPSA) is 92.2 Å². The minimum atomic E-state index is -0.837. The number of aliphatic carboxylic acids is 1. The van der Waals surface area contributed by atoms with Crippen LogP contribution in [0.15, 0.2) is 5.16 Å². The van der Waals surface area contributed by atoms with E-state index in [1.54, 1.807) is 0 Å². The summed E-state index contributed by atoms with van der Waals surface area (Å²) < 4.78 is 0. The fourth-order valence-electron chi connectivity index (χ4n) is 1.91. The molecule has 1 amide bonds. The number of nitrogens with zero attached hydrogens (tertiary/aromatic N) is 2. The normalized spacial score (nSPS) is 10.5. The number of rotatable bonds is 9. The maximum absolute atomic E-state index is 11.8. The highest BCUT2D eigenvalue weighted by Gasteiger charge is 2.10. The number of hydrogen-bond donors (Lipinski definition) is 2. The zero-order chi connectivity index (χ0) is 16.5. The Hall–Kier alpha value is -1.28. The predicted octanol–water partition coefficient (Wildman–Crippen LogP) is 1.68. The monoisotopic (exact) mass is 343 g/mol. The molecule has 0 aliphatic rings. The molecule has 122 valence electrons. The van der Waals surface area contributed by atoms with E-state index in [1.807, 2.05) is 20.1 Å². The van der Waals surface area contributed by atoms with Crippen molar-refractivity contribution in [3.63, 3.8) is 0 Å². The maximum atomic E-state index is 11.8. The molecule has 2 N–H and O–H groups in total. The predicted molar refractivity (Wildman–Crippen MR) is 89.6 cm³/mol. The maximum Gasteiger partial charge on any atom is 0.313 e. The van der Waals surface area contributed by atoms with Crippen molar-refractivity contribution in [1.29, 1.82) is 0 Å². The van der Waals surface area contributed by atoms with Crippen LogP contribution in [0.4, 0.5) is 0 Å². The van der Waals surface area contributed by atoms with E-state index in [1.165, 1.54) is 23.5 Å². The van der Waals surface area contributed by atoms with Gasteiger partial charge in [-0.3, -0.25) is 9.59 Å². The molecule has 0 atom stereocenters. The largest absolute Gasteiger partial charge is 0.481 e. The SMILES string of the molecule is CSc1nc(C)c(CCC(=O)NCCSCC(=O)O)c(C)n1. The fraction of sp³-hybridized carbons (Fsp3) is 0.571. The van der Waals surface area contributed by atoms with E-state index in [0.717, 1.165) is 22.1 Å². The third-order valence-corrected chi connectivity index (χ3v) is 4.47. The molecule has 0 aliphatic heterocycles. The summed E-state index contributed by atoms with van der Waals surface area (Å²) in [5.74, 6) is -0.214. The molecule has 0 bridgehead atoms. The highest BCUT2D eigenvalue weighted by Crippen LogP contribution is 2.16. The Bertz CT molecular complexity index is 515. The van der Waals surface area contributed by atoms with Gasteiger partial charge in [0, 0.05) is 30.1 Å². The van der Waals surface area contributed by atoms with Gasteiger partial charge in [0.1, 0.15) is 0 Å². The highest BCUT2D eigenvalue weighted by atomic mass is 32.2. The Morgan fingerprint density at radius 2 is 1.86 bits per heavy atom. The molecule has 0 fully saturated rings. The van der Waals surface area contributed by atoms with Crippen molar-refractivity contribution in [1.82, 2.24) is 15.3 Å². The van der Waals surface area contributed by atoms with Crippen LogP contribution < -0.4 is 5.32 Å². The van der Waals surface area contributed by atoms with Gasteiger partial charge in [0.25, 0.3) is 0 Å². The van der Waals surface area contributed by atoms with Crippen LogP contribution in [-0.2, 0) is 16.0 Å². The lowest BCUT2D eigenvalue weighted by molar-refractivity contribution is -0.133. The number of carbonyl (C=O) groups is 2. The number of carboxylic acid groups (broad SMARTS) is 1. The molecule has 1 aromatic rings. The molecule has 0 spiro atoms. The summed E-state index contributed by atoms with van der Waals surface area (Å²) in [5.41, 5.74) is 2.86. The zero-order valence-corrected chi connectivity index (χ0v) is 14.6. The highest BCUT2D eigenvalue weighted by molar-refractivity contribution is 7.99. The van der Waals surface area contributed by atoms with Crippen molar-refractivity contribution in [2.45, 2.75) is 31.8 Å². The molecule has 6 nitrogen and oxygen atoms in total. The molecular formula is C14H21N3O3S2. The van der Waals surface area contributed by atoms with E-state index in [2.05, 4.69) is 15.3 Å². The van der Waals surface area contributed by atoms with Crippen LogP contribution in [0.25, 0.3) is 0 Å². The zero-order valence-electron chi connectivity index (χ0n) is 13.0. The molecule has 0 radical (unpaired) electrons.